The summed E-state index contributed by atoms with van der Waals surface area (Å²) in [6, 6.07) is 4.14. The number of aromatic hydroxyl groups is 1. The molecule has 426 valence electrons. The largest absolute Gasteiger partial charge is 0.508 e. The minimum Gasteiger partial charge on any atom is -0.508 e. The van der Waals surface area contributed by atoms with Gasteiger partial charge in [0.25, 0.3) is 0 Å². The van der Waals surface area contributed by atoms with E-state index in [1.54, 1.807) is 49.4 Å². The zero-order valence-electron chi connectivity index (χ0n) is 45.1. The minimum atomic E-state index is -1.37. The molecule has 0 spiro atoms. The number of benzene rings is 2. The number of carboxylic acid groups (broad SMARTS) is 1. The number of guanidine groups is 1. The number of nitrogens with zero attached hydrogens (tertiary/aromatic N) is 2. The van der Waals surface area contributed by atoms with E-state index in [1.807, 2.05) is 27.7 Å². The molecular formula is C53H82N12O11S. The van der Waals surface area contributed by atoms with Crippen molar-refractivity contribution in [2.24, 2.45) is 34.0 Å². The van der Waals surface area contributed by atoms with Crippen LogP contribution in [0.25, 0.3) is 0 Å². The summed E-state index contributed by atoms with van der Waals surface area (Å²) in [5.74, 6) is -7.41. The molecule has 77 heavy (non-hydrogen) atoms. The summed E-state index contributed by atoms with van der Waals surface area (Å²) in [5.41, 5.74) is 18.0. The average molecular weight is 1100 g/mol. The number of carboxylic acids is 1. The summed E-state index contributed by atoms with van der Waals surface area (Å²) in [6.45, 7) is 10.8. The van der Waals surface area contributed by atoms with Crippen molar-refractivity contribution in [2.75, 3.05) is 18.8 Å². The van der Waals surface area contributed by atoms with E-state index in [2.05, 4.69) is 54.8 Å². The molecule has 0 saturated carbocycles. The molecule has 0 aromatic heterocycles. The second-order valence-corrected chi connectivity index (χ2v) is 20.4. The molecule has 0 bridgehead atoms. The highest BCUT2D eigenvalue weighted by Gasteiger charge is 2.40. The Balaban J connectivity index is 1.92. The fraction of sp³-hybridized carbons (Fsp3) is 0.585. The summed E-state index contributed by atoms with van der Waals surface area (Å²) in [5, 5.41) is 38.7. The van der Waals surface area contributed by atoms with Crippen molar-refractivity contribution in [3.05, 3.63) is 65.7 Å². The number of amides is 8. The highest BCUT2D eigenvalue weighted by molar-refractivity contribution is 7.80. The first-order valence-electron chi connectivity index (χ1n) is 26.4. The lowest BCUT2D eigenvalue weighted by atomic mass is 9.96. The van der Waals surface area contributed by atoms with Crippen LogP contribution in [0, 0.1) is 11.8 Å². The lowest BCUT2D eigenvalue weighted by molar-refractivity contribution is -0.143. The fourth-order valence-corrected chi connectivity index (χ4v) is 8.73. The van der Waals surface area contributed by atoms with Crippen molar-refractivity contribution in [3.63, 3.8) is 0 Å². The molecule has 2 aromatic carbocycles. The molecule has 2 aromatic rings. The van der Waals surface area contributed by atoms with Crippen LogP contribution in [0.1, 0.15) is 110 Å². The number of likely N-dealkylation sites (tertiary alicyclic amines) is 1. The van der Waals surface area contributed by atoms with Crippen molar-refractivity contribution in [2.45, 2.75) is 167 Å². The number of hydrogen-bond acceptors (Lipinski definition) is 13. The Morgan fingerprint density at radius 3 is 1.81 bits per heavy atom. The highest BCUT2D eigenvalue weighted by atomic mass is 32.1. The third kappa shape index (κ3) is 21.5. The first-order chi connectivity index (χ1) is 36.5. The van der Waals surface area contributed by atoms with Gasteiger partial charge in [0.15, 0.2) is 5.96 Å². The predicted octanol–water partition coefficient (Wildman–Crippen LogP) is 0.260. The van der Waals surface area contributed by atoms with E-state index in [4.69, 9.17) is 17.2 Å². The van der Waals surface area contributed by atoms with Crippen LogP contribution in [0.15, 0.2) is 59.6 Å². The Labute approximate surface area is 456 Å². The molecule has 1 aliphatic rings. The van der Waals surface area contributed by atoms with E-state index in [0.717, 1.165) is 0 Å². The van der Waals surface area contributed by atoms with Gasteiger partial charge in [-0.2, -0.15) is 12.6 Å². The molecule has 15 N–H and O–H groups in total. The number of nitrogens with two attached hydrogens (primary N) is 3. The number of aliphatic carboxylic acids is 1. The normalized spacial score (nSPS) is 16.6. The van der Waals surface area contributed by atoms with Crippen molar-refractivity contribution in [3.8, 4) is 5.75 Å². The lowest BCUT2D eigenvalue weighted by Crippen LogP contribution is -2.60. The van der Waals surface area contributed by atoms with Crippen LogP contribution in [0.2, 0.25) is 0 Å². The van der Waals surface area contributed by atoms with Gasteiger partial charge in [-0.3, -0.25) is 43.3 Å². The van der Waals surface area contributed by atoms with Crippen LogP contribution in [0.3, 0.4) is 0 Å². The van der Waals surface area contributed by atoms with E-state index >= 15 is 0 Å². The monoisotopic (exact) mass is 1090 g/mol. The van der Waals surface area contributed by atoms with E-state index in [9.17, 15) is 53.4 Å². The van der Waals surface area contributed by atoms with Gasteiger partial charge in [-0.1, -0.05) is 96.3 Å². The third-order valence-electron chi connectivity index (χ3n) is 13.2. The number of rotatable bonds is 32. The number of aliphatic imine (C=N–C) groups is 1. The molecule has 24 heteroatoms. The van der Waals surface area contributed by atoms with E-state index < -0.39 is 114 Å². The highest BCUT2D eigenvalue weighted by Crippen LogP contribution is 2.21. The molecule has 0 unspecified atom stereocenters. The first kappa shape index (κ1) is 64.3. The number of nitrogens with one attached hydrogen (secondary N) is 7. The Kier molecular flexibility index (Phi) is 27.2. The lowest BCUT2D eigenvalue weighted by Gasteiger charge is -2.31. The minimum absolute atomic E-state index is 0.00620. The number of phenols is 1. The maximum Gasteiger partial charge on any atom is 0.326 e. The predicted molar refractivity (Wildman–Crippen MR) is 294 cm³/mol. The molecule has 23 nitrogen and oxygen atoms in total. The molecule has 1 fully saturated rings. The Morgan fingerprint density at radius 2 is 1.23 bits per heavy atom. The first-order valence-corrected chi connectivity index (χ1v) is 27.0. The van der Waals surface area contributed by atoms with Gasteiger partial charge in [0.05, 0.1) is 6.04 Å². The molecule has 0 radical (unpaired) electrons. The van der Waals surface area contributed by atoms with E-state index in [1.165, 1.54) is 24.0 Å². The molecule has 1 saturated heterocycles. The van der Waals surface area contributed by atoms with Crippen molar-refractivity contribution < 1.29 is 53.4 Å². The smallest absolute Gasteiger partial charge is 0.326 e. The SMILES string of the molecule is CCCC[C@H](NC(=O)[C@H](CCCN=C(N)N)NC(=O)[C@@H](N)CS)C(=O)N[C@@H](Cc1ccc(O)cc1)C(=O)N[C@@H](Cc1ccccc1)C(=O)N1CCC[C@H]1C(=O)N[C@@H](C)C(=O)N[C@H](C(=O)N[C@@H](CC(C)C)C(=O)O)[C@@H](C)CC. The van der Waals surface area contributed by atoms with Crippen molar-refractivity contribution in [1.29, 1.82) is 0 Å². The summed E-state index contributed by atoms with van der Waals surface area (Å²) in [6.07, 6.45) is 2.68. The zero-order valence-corrected chi connectivity index (χ0v) is 46.0. The van der Waals surface area contributed by atoms with Gasteiger partial charge >= 0.3 is 5.97 Å². The average Bonchev–Trinajstić information content (AvgIpc) is 3.89. The number of phenolic OH excluding ortho intramolecular Hbond substituents is 1. The number of thiol groups is 1. The van der Waals surface area contributed by atoms with Gasteiger partial charge in [-0.25, -0.2) is 4.79 Å². The molecule has 10 atom stereocenters. The second kappa shape index (κ2) is 32.6. The maximum absolute atomic E-state index is 14.8. The number of unbranched alkanes of at least 4 members (excludes halogenated alkanes) is 1. The molecule has 3 rings (SSSR count). The second-order valence-electron chi connectivity index (χ2n) is 20.0. The molecule has 1 aliphatic heterocycles. The van der Waals surface area contributed by atoms with Crippen molar-refractivity contribution >= 4 is 71.8 Å². The van der Waals surface area contributed by atoms with E-state index in [0.29, 0.717) is 36.8 Å². The summed E-state index contributed by atoms with van der Waals surface area (Å²) in [7, 11) is 0. The summed E-state index contributed by atoms with van der Waals surface area (Å²) in [4.78, 5) is 129. The number of hydrogen-bond donors (Lipinski definition) is 13. The van der Waals surface area contributed by atoms with Gasteiger partial charge in [-0.15, -0.1) is 0 Å². The van der Waals surface area contributed by atoms with Crippen LogP contribution in [-0.2, 0) is 56.0 Å². The third-order valence-corrected chi connectivity index (χ3v) is 13.6. The Hall–Kier alpha value is -6.95. The van der Waals surface area contributed by atoms with Crippen LogP contribution >= 0.6 is 12.6 Å². The summed E-state index contributed by atoms with van der Waals surface area (Å²) < 4.78 is 0. The maximum atomic E-state index is 14.8. The Morgan fingerprint density at radius 1 is 0.688 bits per heavy atom. The quantitative estimate of drug-likeness (QED) is 0.0202. The Bertz CT molecular complexity index is 2320. The van der Waals surface area contributed by atoms with Gasteiger partial charge < -0.3 is 69.5 Å². The van der Waals surface area contributed by atoms with Gasteiger partial charge in [0, 0.05) is 31.7 Å². The molecule has 8 amide bonds. The fourth-order valence-electron chi connectivity index (χ4n) is 8.57. The number of carbonyl (C=O) groups excluding carboxylic acids is 8. The standard InChI is InChI=1S/C53H82N12O11S/c1-7-9-17-37(60-46(69)38(18-13-24-57-53(55)56)59-45(68)36(54)29-77)47(70)61-39(27-34-20-22-35(66)23-21-34)48(71)62-40(28-33-15-11-10-12-16-33)51(74)65-25-14-19-42(65)49(72)58-32(6)44(67)64-43(31(5)8-2)50(73)63-41(52(75)76)26-30(3)4/h10-12,15-16,20-23,30-32,36-43,66,77H,7-9,13-14,17-19,24-29,54H2,1-6H3,(H,58,72)(H,59,68)(H,60,69)(H,61,70)(H,62,71)(H,63,73)(H,64,67)(H,75,76)(H4,55,56,57)/t31-,32-,36-,37-,38-,39-,40-,41-,42-,43-/m0/s1. The van der Waals surface area contributed by atoms with Gasteiger partial charge in [-0.05, 0) is 80.5 Å². The molecule has 1 heterocycles. The van der Waals surface area contributed by atoms with Gasteiger partial charge in [0.1, 0.15) is 54.1 Å². The van der Waals surface area contributed by atoms with Crippen LogP contribution < -0.4 is 54.4 Å². The van der Waals surface area contributed by atoms with Crippen LogP contribution in [0.4, 0.5) is 0 Å². The van der Waals surface area contributed by atoms with Crippen LogP contribution in [0.5, 0.6) is 5.75 Å². The molecular weight excluding hydrogens is 1010 g/mol. The van der Waals surface area contributed by atoms with E-state index in [-0.39, 0.29) is 81.4 Å². The number of carbonyl (C=O) groups is 9. The topological polar surface area (TPSA) is 372 Å². The molecule has 0 aliphatic carbocycles. The van der Waals surface area contributed by atoms with Gasteiger partial charge in [0.2, 0.25) is 47.3 Å². The summed E-state index contributed by atoms with van der Waals surface area (Å²) >= 11 is 4.09. The van der Waals surface area contributed by atoms with Crippen LogP contribution in [-0.4, -0.2) is 148 Å². The van der Waals surface area contributed by atoms with Crippen molar-refractivity contribution in [1.82, 2.24) is 42.1 Å². The zero-order chi connectivity index (χ0) is 57.4.